The Hall–Kier alpha value is -3.11. The number of amides is 2. The Morgan fingerprint density at radius 2 is 1.40 bits per heavy atom. The molecule has 3 rings (SSSR count). The van der Waals surface area contributed by atoms with Gasteiger partial charge >= 0.3 is 0 Å². The molecule has 0 aromatic heterocycles. The van der Waals surface area contributed by atoms with Gasteiger partial charge in [-0.3, -0.25) is 9.59 Å². The fourth-order valence-electron chi connectivity index (χ4n) is 3.38. The molecule has 1 atom stereocenters. The minimum Gasteiger partial charge on any atom is -0.357 e. The van der Waals surface area contributed by atoms with E-state index in [1.165, 1.54) is 0 Å². The van der Waals surface area contributed by atoms with Gasteiger partial charge in [-0.15, -0.1) is 0 Å². The molecular weight excluding hydrogens is 396 g/mol. The number of hydrogen-bond donors (Lipinski definition) is 1. The lowest BCUT2D eigenvalue weighted by atomic mass is 10.0. The zero-order valence-corrected chi connectivity index (χ0v) is 17.7. The number of carbonyl (C=O) groups excluding carboxylic acids is 2. The summed E-state index contributed by atoms with van der Waals surface area (Å²) in [5, 5.41) is 3.36. The lowest BCUT2D eigenvalue weighted by molar-refractivity contribution is -0.140. The van der Waals surface area contributed by atoms with Crippen molar-refractivity contribution in [3.63, 3.8) is 0 Å². The molecule has 3 aromatic carbocycles. The fraction of sp³-hybridized carbons (Fsp3) is 0.200. The average Bonchev–Trinajstić information content (AvgIpc) is 2.78. The third-order valence-electron chi connectivity index (χ3n) is 4.98. The predicted molar refractivity (Wildman–Crippen MR) is 120 cm³/mol. The molecular formula is C25H25ClN2O2. The first-order valence-corrected chi connectivity index (χ1v) is 10.3. The third-order valence-corrected chi connectivity index (χ3v) is 5.23. The van der Waals surface area contributed by atoms with Gasteiger partial charge in [0.05, 0.1) is 6.42 Å². The zero-order chi connectivity index (χ0) is 21.3. The summed E-state index contributed by atoms with van der Waals surface area (Å²) in [5.74, 6) is -0.282. The molecule has 0 saturated heterocycles. The van der Waals surface area contributed by atoms with Crippen LogP contribution < -0.4 is 5.32 Å². The van der Waals surface area contributed by atoms with E-state index in [-0.39, 0.29) is 18.2 Å². The van der Waals surface area contributed by atoms with Crippen LogP contribution in [0.4, 0.5) is 0 Å². The molecule has 5 heteroatoms. The van der Waals surface area contributed by atoms with E-state index in [0.29, 0.717) is 18.0 Å². The first-order chi connectivity index (χ1) is 14.6. The van der Waals surface area contributed by atoms with Crippen LogP contribution in [0.2, 0.25) is 5.02 Å². The van der Waals surface area contributed by atoms with Crippen LogP contribution in [0.15, 0.2) is 84.9 Å². The molecule has 1 N–H and O–H groups in total. The van der Waals surface area contributed by atoms with Gasteiger partial charge in [0.1, 0.15) is 6.04 Å². The van der Waals surface area contributed by atoms with Gasteiger partial charge in [0.25, 0.3) is 0 Å². The summed E-state index contributed by atoms with van der Waals surface area (Å²) < 4.78 is 0. The first-order valence-electron chi connectivity index (χ1n) is 9.90. The number of rotatable bonds is 8. The Labute approximate surface area is 182 Å². The van der Waals surface area contributed by atoms with Crippen molar-refractivity contribution >= 4 is 23.4 Å². The Bertz CT molecular complexity index is 959. The Morgan fingerprint density at radius 1 is 0.833 bits per heavy atom. The van der Waals surface area contributed by atoms with E-state index < -0.39 is 6.04 Å². The monoisotopic (exact) mass is 420 g/mol. The minimum absolute atomic E-state index is 0.0966. The molecule has 154 valence electrons. The van der Waals surface area contributed by atoms with Gasteiger partial charge in [0.2, 0.25) is 11.8 Å². The average molecular weight is 421 g/mol. The molecule has 30 heavy (non-hydrogen) atoms. The number of likely N-dealkylation sites (N-methyl/N-ethyl adjacent to an activating group) is 1. The van der Waals surface area contributed by atoms with Crippen molar-refractivity contribution in [3.8, 4) is 0 Å². The second-order valence-corrected chi connectivity index (χ2v) is 7.57. The summed E-state index contributed by atoms with van der Waals surface area (Å²) in [7, 11) is 1.60. The number of nitrogens with zero attached hydrogens (tertiary/aromatic N) is 1. The summed E-state index contributed by atoms with van der Waals surface area (Å²) in [6.07, 6.45) is 0.672. The Kier molecular flexibility index (Phi) is 7.63. The minimum atomic E-state index is -0.621. The molecule has 0 fully saturated rings. The number of nitrogens with one attached hydrogen (secondary N) is 1. The number of benzene rings is 3. The smallest absolute Gasteiger partial charge is 0.242 e. The van der Waals surface area contributed by atoms with Crippen LogP contribution >= 0.6 is 11.6 Å². The number of hydrogen-bond acceptors (Lipinski definition) is 2. The van der Waals surface area contributed by atoms with E-state index in [1.54, 1.807) is 24.1 Å². The molecule has 3 aromatic rings. The number of carbonyl (C=O) groups is 2. The molecule has 0 saturated carbocycles. The molecule has 0 spiro atoms. The molecule has 4 nitrogen and oxygen atoms in total. The number of halogens is 1. The van der Waals surface area contributed by atoms with Crippen molar-refractivity contribution in [3.05, 3.63) is 107 Å². The Morgan fingerprint density at radius 3 is 1.97 bits per heavy atom. The van der Waals surface area contributed by atoms with Crippen LogP contribution in [-0.2, 0) is 29.0 Å². The summed E-state index contributed by atoms with van der Waals surface area (Å²) in [5.41, 5.74) is 2.83. The van der Waals surface area contributed by atoms with Gasteiger partial charge in [-0.1, -0.05) is 84.4 Å². The molecule has 2 amide bonds. The SMILES string of the molecule is CNC(=O)C(Cc1ccccc1)N(Cc1ccc(Cl)cc1)C(=O)Cc1ccccc1. The molecule has 0 heterocycles. The molecule has 0 radical (unpaired) electrons. The van der Waals surface area contributed by atoms with E-state index >= 15 is 0 Å². The maximum Gasteiger partial charge on any atom is 0.242 e. The van der Waals surface area contributed by atoms with Gasteiger partial charge in [-0.05, 0) is 28.8 Å². The van der Waals surface area contributed by atoms with Crippen LogP contribution in [0, 0.1) is 0 Å². The van der Waals surface area contributed by atoms with Gasteiger partial charge in [-0.25, -0.2) is 0 Å². The van der Waals surface area contributed by atoms with Crippen molar-refractivity contribution in [1.82, 2.24) is 10.2 Å². The van der Waals surface area contributed by atoms with Crippen LogP contribution in [0.1, 0.15) is 16.7 Å². The van der Waals surface area contributed by atoms with Crippen molar-refractivity contribution in [1.29, 1.82) is 0 Å². The first kappa shape index (κ1) is 21.6. The standard InChI is InChI=1S/C25H25ClN2O2/c1-27-25(30)23(16-19-8-4-2-5-9-19)28(18-21-12-14-22(26)15-13-21)24(29)17-20-10-6-3-7-11-20/h2-15,23H,16-18H2,1H3,(H,27,30). The highest BCUT2D eigenvalue weighted by molar-refractivity contribution is 6.30. The lowest BCUT2D eigenvalue weighted by Gasteiger charge is -2.31. The largest absolute Gasteiger partial charge is 0.357 e. The summed E-state index contributed by atoms with van der Waals surface area (Å²) >= 11 is 6.02. The third kappa shape index (κ3) is 5.94. The van der Waals surface area contributed by atoms with Crippen LogP contribution in [0.25, 0.3) is 0 Å². The van der Waals surface area contributed by atoms with E-state index in [9.17, 15) is 9.59 Å². The van der Waals surface area contributed by atoms with Crippen molar-refractivity contribution in [2.45, 2.75) is 25.4 Å². The van der Waals surface area contributed by atoms with Crippen molar-refractivity contribution < 1.29 is 9.59 Å². The summed E-state index contributed by atoms with van der Waals surface area (Å²) in [6.45, 7) is 0.327. The maximum absolute atomic E-state index is 13.4. The van der Waals surface area contributed by atoms with E-state index in [0.717, 1.165) is 16.7 Å². The predicted octanol–water partition coefficient (Wildman–Crippen LogP) is 4.27. The highest BCUT2D eigenvalue weighted by Crippen LogP contribution is 2.18. The molecule has 0 aliphatic carbocycles. The van der Waals surface area contributed by atoms with Crippen LogP contribution in [0.3, 0.4) is 0 Å². The fourth-order valence-corrected chi connectivity index (χ4v) is 3.51. The summed E-state index contributed by atoms with van der Waals surface area (Å²) in [6, 6.07) is 26.1. The Balaban J connectivity index is 1.92. The quantitative estimate of drug-likeness (QED) is 0.591. The van der Waals surface area contributed by atoms with Gasteiger partial charge in [-0.2, -0.15) is 0 Å². The van der Waals surface area contributed by atoms with E-state index in [1.807, 2.05) is 72.8 Å². The van der Waals surface area contributed by atoms with Crippen LogP contribution in [0.5, 0.6) is 0 Å². The maximum atomic E-state index is 13.4. The molecule has 0 aliphatic rings. The highest BCUT2D eigenvalue weighted by Gasteiger charge is 2.29. The molecule has 1 unspecified atom stereocenters. The van der Waals surface area contributed by atoms with E-state index in [4.69, 9.17) is 11.6 Å². The zero-order valence-electron chi connectivity index (χ0n) is 16.9. The second kappa shape index (κ2) is 10.6. The summed E-state index contributed by atoms with van der Waals surface area (Å²) in [4.78, 5) is 27.9. The van der Waals surface area contributed by atoms with E-state index in [2.05, 4.69) is 5.32 Å². The normalized spacial score (nSPS) is 11.5. The van der Waals surface area contributed by atoms with Gasteiger partial charge in [0, 0.05) is 25.0 Å². The van der Waals surface area contributed by atoms with Gasteiger partial charge < -0.3 is 10.2 Å². The highest BCUT2D eigenvalue weighted by atomic mass is 35.5. The topological polar surface area (TPSA) is 49.4 Å². The van der Waals surface area contributed by atoms with Crippen molar-refractivity contribution in [2.75, 3.05) is 7.05 Å². The van der Waals surface area contributed by atoms with Gasteiger partial charge in [0.15, 0.2) is 0 Å². The molecule has 0 bridgehead atoms. The second-order valence-electron chi connectivity index (χ2n) is 7.13. The van der Waals surface area contributed by atoms with Crippen LogP contribution in [-0.4, -0.2) is 29.8 Å². The molecule has 0 aliphatic heterocycles. The lowest BCUT2D eigenvalue weighted by Crippen LogP contribution is -2.50. The van der Waals surface area contributed by atoms with Crippen molar-refractivity contribution in [2.24, 2.45) is 0 Å².